The highest BCUT2D eigenvalue weighted by Gasteiger charge is 2.31. The lowest BCUT2D eigenvalue weighted by atomic mass is 9.72. The van der Waals surface area contributed by atoms with Crippen LogP contribution in [0.3, 0.4) is 0 Å². The Kier molecular flexibility index (Phi) is 7.39. The molecule has 0 heterocycles. The van der Waals surface area contributed by atoms with Crippen LogP contribution in [-0.2, 0) is 10.2 Å². The summed E-state index contributed by atoms with van der Waals surface area (Å²) in [5.74, 6) is -0.928. The highest BCUT2D eigenvalue weighted by atomic mass is 16.4. The summed E-state index contributed by atoms with van der Waals surface area (Å²) in [4.78, 5) is 16.0. The van der Waals surface area contributed by atoms with Crippen LogP contribution in [-0.4, -0.2) is 39.3 Å². The highest BCUT2D eigenvalue weighted by molar-refractivity contribution is 5.86. The number of carboxylic acids is 1. The number of carbonyl (C=O) groups is 1. The Morgan fingerprint density at radius 3 is 1.61 bits per heavy atom. The van der Waals surface area contributed by atoms with E-state index in [1.807, 2.05) is 64.6 Å². The molecule has 3 rings (SSSR count). The van der Waals surface area contributed by atoms with Crippen molar-refractivity contribution in [3.05, 3.63) is 113 Å². The van der Waals surface area contributed by atoms with Crippen molar-refractivity contribution in [3.63, 3.8) is 0 Å². The van der Waals surface area contributed by atoms with E-state index in [2.05, 4.69) is 70.5 Å². The summed E-state index contributed by atoms with van der Waals surface area (Å²) in [6, 6.07) is 26.7. The number of benzene rings is 3. The number of hydrogen-bond donors (Lipinski definition) is 1. The molecule has 3 aromatic rings. The van der Waals surface area contributed by atoms with Gasteiger partial charge in [0.05, 0.1) is 5.41 Å². The number of rotatable bonds is 8. The number of hydrogen-bond acceptors (Lipinski definition) is 3. The van der Waals surface area contributed by atoms with Gasteiger partial charge in [0, 0.05) is 45.1 Å². The van der Waals surface area contributed by atoms with E-state index in [1.165, 1.54) is 0 Å². The monoisotopic (exact) mass is 440 g/mol. The van der Waals surface area contributed by atoms with Gasteiger partial charge in [-0.3, -0.25) is 0 Å². The van der Waals surface area contributed by atoms with Gasteiger partial charge in [-0.15, -0.1) is 0 Å². The Balaban J connectivity index is 2.28. The zero-order chi connectivity index (χ0) is 24.0. The predicted molar refractivity (Wildman–Crippen MR) is 139 cm³/mol. The second kappa shape index (κ2) is 10.2. The molecule has 0 aliphatic carbocycles. The van der Waals surface area contributed by atoms with Crippen LogP contribution in [0.1, 0.15) is 23.6 Å². The van der Waals surface area contributed by atoms with E-state index in [-0.39, 0.29) is 0 Å². The molecule has 0 aliphatic rings. The molecular weight excluding hydrogens is 408 g/mol. The van der Waals surface area contributed by atoms with E-state index in [4.69, 9.17) is 0 Å². The first-order valence-electron chi connectivity index (χ1n) is 11.0. The predicted octanol–water partition coefficient (Wildman–Crippen LogP) is 5.85. The standard InChI is InChI=1S/C29H32N2O2/c1-22(28(32)33)21-29(20-19-23-9-7-6-8-10-23,24-11-15-26(16-12-24)30(2)3)25-13-17-27(18-14-25)31(4)5/h6-21H,1-5H3,(H,32,33). The average Bonchev–Trinajstić information content (AvgIpc) is 2.82. The van der Waals surface area contributed by atoms with Crippen molar-refractivity contribution < 1.29 is 9.90 Å². The fourth-order valence-corrected chi connectivity index (χ4v) is 3.84. The van der Waals surface area contributed by atoms with Gasteiger partial charge in [0.25, 0.3) is 0 Å². The number of nitrogens with zero attached hydrogens (tertiary/aromatic N) is 2. The van der Waals surface area contributed by atoms with Crippen molar-refractivity contribution in [1.82, 2.24) is 0 Å². The Hall–Kier alpha value is -3.79. The van der Waals surface area contributed by atoms with Gasteiger partial charge >= 0.3 is 5.97 Å². The molecule has 0 spiro atoms. The molecule has 0 radical (unpaired) electrons. The first-order chi connectivity index (χ1) is 15.7. The van der Waals surface area contributed by atoms with Crippen molar-refractivity contribution in [3.8, 4) is 0 Å². The lowest BCUT2D eigenvalue weighted by Gasteiger charge is -2.31. The van der Waals surface area contributed by atoms with E-state index in [1.54, 1.807) is 6.92 Å². The van der Waals surface area contributed by atoms with Crippen molar-refractivity contribution in [2.75, 3.05) is 38.0 Å². The fourth-order valence-electron chi connectivity index (χ4n) is 3.84. The Morgan fingerprint density at radius 1 is 0.758 bits per heavy atom. The molecule has 170 valence electrons. The Labute approximate surface area is 197 Å². The largest absolute Gasteiger partial charge is 0.478 e. The molecule has 33 heavy (non-hydrogen) atoms. The molecule has 0 fully saturated rings. The summed E-state index contributed by atoms with van der Waals surface area (Å²) in [7, 11) is 8.02. The van der Waals surface area contributed by atoms with Crippen molar-refractivity contribution in [2.45, 2.75) is 12.3 Å². The molecular formula is C29H32N2O2. The summed E-state index contributed by atoms with van der Waals surface area (Å²) >= 11 is 0. The molecule has 0 bridgehead atoms. The molecule has 1 N–H and O–H groups in total. The maximum atomic E-state index is 11.9. The fraction of sp³-hybridized carbons (Fsp3) is 0.207. The van der Waals surface area contributed by atoms with E-state index in [9.17, 15) is 9.90 Å². The van der Waals surface area contributed by atoms with Crippen LogP contribution >= 0.6 is 0 Å². The summed E-state index contributed by atoms with van der Waals surface area (Å²) in [5, 5.41) is 9.75. The SMILES string of the molecule is CC(=CC(C=Cc1ccccc1)(c1ccc(N(C)C)cc1)c1ccc(N(C)C)cc1)C(=O)O. The molecule has 3 aromatic carbocycles. The summed E-state index contributed by atoms with van der Waals surface area (Å²) in [6.07, 6.45) is 6.01. The van der Waals surface area contributed by atoms with Crippen LogP contribution in [0.2, 0.25) is 0 Å². The summed E-state index contributed by atoms with van der Waals surface area (Å²) < 4.78 is 0. The molecule has 0 aromatic heterocycles. The van der Waals surface area contributed by atoms with E-state index >= 15 is 0 Å². The van der Waals surface area contributed by atoms with Crippen molar-refractivity contribution in [2.24, 2.45) is 0 Å². The van der Waals surface area contributed by atoms with Crippen LogP contribution in [0.25, 0.3) is 6.08 Å². The minimum Gasteiger partial charge on any atom is -0.478 e. The number of anilines is 2. The van der Waals surface area contributed by atoms with Gasteiger partial charge in [-0.2, -0.15) is 0 Å². The minimum atomic E-state index is -0.928. The number of aliphatic carboxylic acids is 1. The van der Waals surface area contributed by atoms with Gasteiger partial charge in [-0.05, 0) is 47.9 Å². The second-order valence-electron chi connectivity index (χ2n) is 8.63. The van der Waals surface area contributed by atoms with Gasteiger partial charge in [0.2, 0.25) is 0 Å². The smallest absolute Gasteiger partial charge is 0.330 e. The summed E-state index contributed by atoms with van der Waals surface area (Å²) in [6.45, 7) is 1.65. The normalized spacial score (nSPS) is 12.1. The van der Waals surface area contributed by atoms with Gasteiger partial charge in [0.1, 0.15) is 0 Å². The Bertz CT molecular complexity index is 1080. The van der Waals surface area contributed by atoms with Gasteiger partial charge in [0.15, 0.2) is 0 Å². The third-order valence-electron chi connectivity index (χ3n) is 5.84. The van der Waals surface area contributed by atoms with E-state index in [0.29, 0.717) is 5.57 Å². The summed E-state index contributed by atoms with van der Waals surface area (Å²) in [5.41, 5.74) is 4.76. The van der Waals surface area contributed by atoms with Crippen molar-refractivity contribution in [1.29, 1.82) is 0 Å². The second-order valence-corrected chi connectivity index (χ2v) is 8.63. The van der Waals surface area contributed by atoms with Crippen LogP contribution < -0.4 is 9.80 Å². The maximum absolute atomic E-state index is 11.9. The highest BCUT2D eigenvalue weighted by Crippen LogP contribution is 2.39. The molecule has 0 unspecified atom stereocenters. The molecule has 0 saturated heterocycles. The van der Waals surface area contributed by atoms with E-state index < -0.39 is 11.4 Å². The van der Waals surface area contributed by atoms with Crippen molar-refractivity contribution >= 4 is 23.4 Å². The van der Waals surface area contributed by atoms with Gasteiger partial charge in [-0.1, -0.05) is 72.8 Å². The molecule has 0 atom stereocenters. The molecule has 0 aliphatic heterocycles. The van der Waals surface area contributed by atoms with Gasteiger partial charge < -0.3 is 14.9 Å². The quantitative estimate of drug-likeness (QED) is 0.446. The molecule has 4 heteroatoms. The van der Waals surface area contributed by atoms with Crippen LogP contribution in [0, 0.1) is 0 Å². The third-order valence-corrected chi connectivity index (χ3v) is 5.84. The molecule has 4 nitrogen and oxygen atoms in total. The third kappa shape index (κ3) is 5.53. The van der Waals surface area contributed by atoms with Gasteiger partial charge in [-0.25, -0.2) is 4.79 Å². The Morgan fingerprint density at radius 2 is 1.21 bits per heavy atom. The minimum absolute atomic E-state index is 0.293. The van der Waals surface area contributed by atoms with E-state index in [0.717, 1.165) is 28.1 Å². The number of carboxylic acid groups (broad SMARTS) is 1. The zero-order valence-corrected chi connectivity index (χ0v) is 20.0. The topological polar surface area (TPSA) is 43.8 Å². The van der Waals surface area contributed by atoms with Crippen LogP contribution in [0.15, 0.2) is 96.6 Å². The lowest BCUT2D eigenvalue weighted by molar-refractivity contribution is -0.132. The zero-order valence-electron chi connectivity index (χ0n) is 20.0. The molecule has 0 amide bonds. The first kappa shape index (κ1) is 23.9. The average molecular weight is 441 g/mol. The number of allylic oxidation sites excluding steroid dienone is 2. The first-order valence-corrected chi connectivity index (χ1v) is 11.0. The maximum Gasteiger partial charge on any atom is 0.330 e. The van der Waals surface area contributed by atoms with Crippen LogP contribution in [0.5, 0.6) is 0 Å². The van der Waals surface area contributed by atoms with Crippen LogP contribution in [0.4, 0.5) is 11.4 Å². The molecule has 0 saturated carbocycles. The lowest BCUT2D eigenvalue weighted by Crippen LogP contribution is -2.24.